The lowest BCUT2D eigenvalue weighted by molar-refractivity contribution is -0.384. The third-order valence-electron chi connectivity index (χ3n) is 5.01. The van der Waals surface area contributed by atoms with Gasteiger partial charge in [0.2, 0.25) is 5.91 Å². The van der Waals surface area contributed by atoms with Crippen molar-refractivity contribution < 1.29 is 14.1 Å². The molecule has 3 aromatic rings. The molecule has 1 saturated heterocycles. The van der Waals surface area contributed by atoms with Gasteiger partial charge in [-0.25, -0.2) is 9.37 Å². The minimum absolute atomic E-state index is 0.00874. The van der Waals surface area contributed by atoms with Crippen LogP contribution in [-0.4, -0.2) is 46.9 Å². The number of piperazine rings is 1. The molecule has 4 rings (SSSR count). The van der Waals surface area contributed by atoms with E-state index in [0.717, 1.165) is 5.69 Å². The first-order valence-corrected chi connectivity index (χ1v) is 10.3. The SMILES string of the molecule is O=C(Cc1csc(-c2cccc(F)c2)n1)N1CCN(c2ccc([N+](=O)[O-])cc2)CC1. The Hall–Kier alpha value is -3.33. The predicted octanol–water partition coefficient (Wildman–Crippen LogP) is 3.75. The van der Waals surface area contributed by atoms with Crippen LogP contribution >= 0.6 is 11.3 Å². The van der Waals surface area contributed by atoms with Gasteiger partial charge < -0.3 is 9.80 Å². The molecule has 7 nitrogen and oxygen atoms in total. The molecule has 0 radical (unpaired) electrons. The molecule has 1 aliphatic heterocycles. The number of benzene rings is 2. The van der Waals surface area contributed by atoms with Crippen LogP contribution in [0.3, 0.4) is 0 Å². The Morgan fingerprint density at radius 3 is 2.53 bits per heavy atom. The maximum Gasteiger partial charge on any atom is 0.269 e. The average molecular weight is 426 g/mol. The van der Waals surface area contributed by atoms with E-state index in [1.807, 2.05) is 10.3 Å². The van der Waals surface area contributed by atoms with Crippen LogP contribution in [0.4, 0.5) is 15.8 Å². The Kier molecular flexibility index (Phi) is 5.71. The second-order valence-electron chi connectivity index (χ2n) is 6.97. The molecule has 0 aliphatic carbocycles. The van der Waals surface area contributed by atoms with Crippen molar-refractivity contribution in [2.75, 3.05) is 31.1 Å². The number of aromatic nitrogens is 1. The van der Waals surface area contributed by atoms with Crippen molar-refractivity contribution in [2.45, 2.75) is 6.42 Å². The monoisotopic (exact) mass is 426 g/mol. The number of nitro benzene ring substituents is 1. The van der Waals surface area contributed by atoms with Crippen LogP contribution in [0.25, 0.3) is 10.6 Å². The Balaban J connectivity index is 1.33. The van der Waals surface area contributed by atoms with Crippen LogP contribution < -0.4 is 4.90 Å². The Labute approximate surface area is 176 Å². The average Bonchev–Trinajstić information content (AvgIpc) is 3.22. The molecule has 0 unspecified atom stereocenters. The van der Waals surface area contributed by atoms with Crippen molar-refractivity contribution in [1.82, 2.24) is 9.88 Å². The van der Waals surface area contributed by atoms with E-state index >= 15 is 0 Å². The molecule has 9 heteroatoms. The zero-order valence-corrected chi connectivity index (χ0v) is 16.8. The summed E-state index contributed by atoms with van der Waals surface area (Å²) in [6.07, 6.45) is 0.212. The van der Waals surface area contributed by atoms with E-state index in [1.54, 1.807) is 24.3 Å². The van der Waals surface area contributed by atoms with Crippen molar-refractivity contribution in [1.29, 1.82) is 0 Å². The predicted molar refractivity (Wildman–Crippen MR) is 113 cm³/mol. The van der Waals surface area contributed by atoms with Gasteiger partial charge in [0.05, 0.1) is 17.0 Å². The van der Waals surface area contributed by atoms with Gasteiger partial charge in [0.1, 0.15) is 10.8 Å². The quantitative estimate of drug-likeness (QED) is 0.459. The molecule has 154 valence electrons. The number of amides is 1. The normalized spacial score (nSPS) is 14.0. The molecule has 2 aromatic carbocycles. The highest BCUT2D eigenvalue weighted by molar-refractivity contribution is 7.13. The van der Waals surface area contributed by atoms with E-state index in [0.29, 0.717) is 42.4 Å². The number of anilines is 1. The van der Waals surface area contributed by atoms with E-state index in [4.69, 9.17) is 0 Å². The van der Waals surface area contributed by atoms with Crippen molar-refractivity contribution >= 4 is 28.6 Å². The van der Waals surface area contributed by atoms with E-state index in [1.165, 1.54) is 35.6 Å². The van der Waals surface area contributed by atoms with Gasteiger partial charge in [-0.15, -0.1) is 11.3 Å². The maximum absolute atomic E-state index is 13.4. The lowest BCUT2D eigenvalue weighted by atomic mass is 10.2. The van der Waals surface area contributed by atoms with Crippen LogP contribution in [0, 0.1) is 15.9 Å². The molecule has 0 atom stereocenters. The van der Waals surface area contributed by atoms with Crippen molar-refractivity contribution in [3.05, 3.63) is 75.5 Å². The number of carbonyl (C=O) groups is 1. The fourth-order valence-corrected chi connectivity index (χ4v) is 4.22. The molecule has 30 heavy (non-hydrogen) atoms. The van der Waals surface area contributed by atoms with Gasteiger partial charge in [0.25, 0.3) is 5.69 Å². The summed E-state index contributed by atoms with van der Waals surface area (Å²) >= 11 is 1.40. The van der Waals surface area contributed by atoms with Crippen LogP contribution in [0.5, 0.6) is 0 Å². The fraction of sp³-hybridized carbons (Fsp3) is 0.238. The summed E-state index contributed by atoms with van der Waals surface area (Å²) in [6.45, 7) is 2.48. The molecule has 1 amide bonds. The standard InChI is InChI=1S/C21H19FN4O3S/c22-16-3-1-2-15(12-16)21-23-17(14-30-21)13-20(27)25-10-8-24(9-11-25)18-4-6-19(7-5-18)26(28)29/h1-7,12,14H,8-11,13H2. The van der Waals surface area contributed by atoms with Crippen LogP contribution in [0.1, 0.15) is 5.69 Å². The fourth-order valence-electron chi connectivity index (χ4n) is 3.41. The van der Waals surface area contributed by atoms with Gasteiger partial charge in [-0.2, -0.15) is 0 Å². The van der Waals surface area contributed by atoms with Gasteiger partial charge in [-0.3, -0.25) is 14.9 Å². The maximum atomic E-state index is 13.4. The van der Waals surface area contributed by atoms with Crippen LogP contribution in [0.15, 0.2) is 53.9 Å². The second-order valence-corrected chi connectivity index (χ2v) is 7.83. The number of nitro groups is 1. The zero-order chi connectivity index (χ0) is 21.1. The molecule has 1 aromatic heterocycles. The van der Waals surface area contributed by atoms with Crippen molar-refractivity contribution in [3.63, 3.8) is 0 Å². The molecular weight excluding hydrogens is 407 g/mol. The van der Waals surface area contributed by atoms with Crippen molar-refractivity contribution in [3.8, 4) is 10.6 Å². The largest absolute Gasteiger partial charge is 0.368 e. The van der Waals surface area contributed by atoms with Gasteiger partial charge in [0.15, 0.2) is 0 Å². The second kappa shape index (κ2) is 8.58. The molecule has 0 N–H and O–H groups in total. The van der Waals surface area contributed by atoms with E-state index < -0.39 is 4.92 Å². The summed E-state index contributed by atoms with van der Waals surface area (Å²) in [5.41, 5.74) is 2.36. The first-order valence-electron chi connectivity index (χ1n) is 9.47. The Morgan fingerprint density at radius 2 is 1.87 bits per heavy atom. The lowest BCUT2D eigenvalue weighted by Gasteiger charge is -2.36. The van der Waals surface area contributed by atoms with Gasteiger partial charge in [-0.1, -0.05) is 12.1 Å². The molecule has 2 heterocycles. The molecular formula is C21H19FN4O3S. The highest BCUT2D eigenvalue weighted by Crippen LogP contribution is 2.25. The summed E-state index contributed by atoms with van der Waals surface area (Å²) in [7, 11) is 0. The number of rotatable bonds is 5. The summed E-state index contributed by atoms with van der Waals surface area (Å²) in [6, 6.07) is 12.7. The van der Waals surface area contributed by atoms with Gasteiger partial charge >= 0.3 is 0 Å². The van der Waals surface area contributed by atoms with E-state index in [9.17, 15) is 19.3 Å². The number of nitrogens with zero attached hydrogens (tertiary/aromatic N) is 4. The summed E-state index contributed by atoms with van der Waals surface area (Å²) in [5, 5.41) is 13.3. The number of halogens is 1. The molecule has 0 spiro atoms. The highest BCUT2D eigenvalue weighted by atomic mass is 32.1. The molecule has 1 aliphatic rings. The first kappa shape index (κ1) is 20.0. The Morgan fingerprint density at radius 1 is 1.13 bits per heavy atom. The molecule has 1 fully saturated rings. The number of carbonyl (C=O) groups excluding carboxylic acids is 1. The number of hydrogen-bond donors (Lipinski definition) is 0. The molecule has 0 saturated carbocycles. The first-order chi connectivity index (χ1) is 14.5. The molecule has 0 bridgehead atoms. The summed E-state index contributed by atoms with van der Waals surface area (Å²) in [4.78, 5) is 31.4. The van der Waals surface area contributed by atoms with Crippen molar-refractivity contribution in [2.24, 2.45) is 0 Å². The number of thiazole rings is 1. The lowest BCUT2D eigenvalue weighted by Crippen LogP contribution is -2.49. The van der Waals surface area contributed by atoms with Crippen LogP contribution in [-0.2, 0) is 11.2 Å². The minimum Gasteiger partial charge on any atom is -0.368 e. The third-order valence-corrected chi connectivity index (χ3v) is 5.95. The minimum atomic E-state index is -0.418. The zero-order valence-electron chi connectivity index (χ0n) is 16.0. The van der Waals surface area contributed by atoms with Gasteiger partial charge in [0, 0.05) is 54.9 Å². The third kappa shape index (κ3) is 4.46. The van der Waals surface area contributed by atoms with Crippen LogP contribution in [0.2, 0.25) is 0 Å². The number of hydrogen-bond acceptors (Lipinski definition) is 6. The highest BCUT2D eigenvalue weighted by Gasteiger charge is 2.22. The summed E-state index contributed by atoms with van der Waals surface area (Å²) in [5.74, 6) is -0.305. The summed E-state index contributed by atoms with van der Waals surface area (Å²) < 4.78 is 13.4. The number of non-ortho nitro benzene ring substituents is 1. The smallest absolute Gasteiger partial charge is 0.269 e. The van der Waals surface area contributed by atoms with Gasteiger partial charge in [-0.05, 0) is 24.3 Å². The van der Waals surface area contributed by atoms with E-state index in [-0.39, 0.29) is 23.8 Å². The Bertz CT molecular complexity index is 1060. The topological polar surface area (TPSA) is 79.6 Å². The van der Waals surface area contributed by atoms with E-state index in [2.05, 4.69) is 9.88 Å².